The zero-order valence-electron chi connectivity index (χ0n) is 26.8. The molecule has 0 N–H and O–H groups in total. The van der Waals surface area contributed by atoms with Crippen molar-refractivity contribution in [2.24, 2.45) is 0 Å². The number of nitrogens with zero attached hydrogens (tertiary/aromatic N) is 2. The van der Waals surface area contributed by atoms with Crippen LogP contribution in [0.4, 0.5) is 0 Å². The fraction of sp³-hybridized carbons (Fsp3) is 0.0909. The third-order valence-electron chi connectivity index (χ3n) is 9.84. The maximum absolute atomic E-state index is 6.40. The monoisotopic (exact) mass is 652 g/mol. The number of fused-ring (bicyclic) bond motifs is 7. The van der Waals surface area contributed by atoms with Crippen molar-refractivity contribution in [2.45, 2.75) is 13.1 Å². The lowest BCUT2D eigenvalue weighted by Gasteiger charge is -2.17. The van der Waals surface area contributed by atoms with E-state index in [1.807, 2.05) is 0 Å². The number of ether oxygens (including phenoxy) is 2. The maximum atomic E-state index is 6.40. The molecule has 49 heavy (non-hydrogen) atoms. The van der Waals surface area contributed by atoms with Crippen LogP contribution < -0.4 is 9.47 Å². The number of thiophene rings is 1. The number of aromatic nitrogens is 2. The maximum Gasteiger partial charge on any atom is 0.180 e. The third kappa shape index (κ3) is 4.65. The van der Waals surface area contributed by atoms with E-state index in [1.165, 1.54) is 54.7 Å². The van der Waals surface area contributed by atoms with Crippen molar-refractivity contribution in [1.29, 1.82) is 0 Å². The summed E-state index contributed by atoms with van der Waals surface area (Å²) in [5.41, 5.74) is 9.82. The van der Waals surface area contributed by atoms with Crippen LogP contribution in [0.5, 0.6) is 11.5 Å². The zero-order valence-corrected chi connectivity index (χ0v) is 27.6. The molecule has 5 heteroatoms. The second kappa shape index (κ2) is 11.4. The Morgan fingerprint density at radius 2 is 0.837 bits per heavy atom. The smallest absolute Gasteiger partial charge is 0.180 e. The summed E-state index contributed by atoms with van der Waals surface area (Å²) in [5.74, 6) is 1.70. The Hall–Kier alpha value is -5.78. The third-order valence-corrected chi connectivity index (χ3v) is 11.1. The highest BCUT2D eigenvalue weighted by Gasteiger charge is 2.27. The van der Waals surface area contributed by atoms with Gasteiger partial charge in [0.2, 0.25) is 0 Å². The molecular formula is C44H32N2O2S. The van der Waals surface area contributed by atoms with Crippen LogP contribution in [-0.4, -0.2) is 22.3 Å². The van der Waals surface area contributed by atoms with Crippen LogP contribution in [0, 0.1) is 0 Å². The summed E-state index contributed by atoms with van der Waals surface area (Å²) >= 11 is 1.76. The molecule has 0 aliphatic carbocycles. The largest absolute Gasteiger partial charge is 0.485 e. The predicted octanol–water partition coefficient (Wildman–Crippen LogP) is 11.2. The van der Waals surface area contributed by atoms with Crippen molar-refractivity contribution in [3.05, 3.63) is 157 Å². The van der Waals surface area contributed by atoms with Gasteiger partial charge in [-0.15, -0.1) is 11.3 Å². The van der Waals surface area contributed by atoms with Gasteiger partial charge in [0, 0.05) is 56.7 Å². The molecule has 6 aromatic carbocycles. The van der Waals surface area contributed by atoms with Crippen molar-refractivity contribution in [3.63, 3.8) is 0 Å². The summed E-state index contributed by atoms with van der Waals surface area (Å²) in [7, 11) is 0. The molecule has 1 aliphatic heterocycles. The first-order chi connectivity index (χ1) is 24.3. The van der Waals surface area contributed by atoms with E-state index in [0.29, 0.717) is 13.2 Å². The van der Waals surface area contributed by atoms with Crippen LogP contribution in [0.25, 0.3) is 64.5 Å². The van der Waals surface area contributed by atoms with Gasteiger partial charge in [0.15, 0.2) is 11.5 Å². The standard InChI is InChI=1S/C44H32N2O2S/c1-3-11-29(12-4-1)27-45-37-17-9-7-15-33(37)35-25-31(19-21-39(35)45)43-41-42(48-24-23-47-41)44(49-43)32-20-22-40-36(26-32)34-16-8-10-18-38(34)46(40)28-30-13-5-2-6-14-30/h1-22,25-26H,23-24,27-28H2. The highest BCUT2D eigenvalue weighted by molar-refractivity contribution is 7.19. The van der Waals surface area contributed by atoms with Gasteiger partial charge in [0.1, 0.15) is 13.2 Å². The summed E-state index contributed by atoms with van der Waals surface area (Å²) in [6.45, 7) is 2.73. The highest BCUT2D eigenvalue weighted by Crippen LogP contribution is 2.54. The topological polar surface area (TPSA) is 28.3 Å². The second-order valence-corrected chi connectivity index (χ2v) is 13.8. The van der Waals surface area contributed by atoms with Gasteiger partial charge in [-0.25, -0.2) is 0 Å². The Kier molecular flexibility index (Phi) is 6.59. The number of rotatable bonds is 6. The van der Waals surface area contributed by atoms with Gasteiger partial charge < -0.3 is 18.6 Å². The molecular weight excluding hydrogens is 621 g/mol. The number of benzene rings is 6. The molecule has 0 saturated carbocycles. The van der Waals surface area contributed by atoms with E-state index in [2.05, 4.69) is 155 Å². The number of hydrogen-bond acceptors (Lipinski definition) is 3. The molecule has 4 nitrogen and oxygen atoms in total. The van der Waals surface area contributed by atoms with Gasteiger partial charge in [-0.2, -0.15) is 0 Å². The van der Waals surface area contributed by atoms with Gasteiger partial charge in [0.05, 0.1) is 9.75 Å². The quantitative estimate of drug-likeness (QED) is 0.179. The van der Waals surface area contributed by atoms with Crippen LogP contribution in [-0.2, 0) is 13.1 Å². The van der Waals surface area contributed by atoms with Gasteiger partial charge in [-0.05, 0) is 58.7 Å². The number of para-hydroxylation sites is 2. The Morgan fingerprint density at radius 3 is 1.31 bits per heavy atom. The Labute approximate surface area is 288 Å². The molecule has 0 bridgehead atoms. The predicted molar refractivity (Wildman–Crippen MR) is 203 cm³/mol. The van der Waals surface area contributed by atoms with E-state index in [1.54, 1.807) is 11.3 Å². The van der Waals surface area contributed by atoms with Gasteiger partial charge in [-0.3, -0.25) is 0 Å². The molecule has 9 aromatic rings. The van der Waals surface area contributed by atoms with Crippen LogP contribution in [0.1, 0.15) is 11.1 Å². The molecule has 10 rings (SSSR count). The lowest BCUT2D eigenvalue weighted by molar-refractivity contribution is 0.175. The molecule has 0 saturated heterocycles. The molecule has 236 valence electrons. The second-order valence-electron chi connectivity index (χ2n) is 12.8. The molecule has 0 fully saturated rings. The summed E-state index contributed by atoms with van der Waals surface area (Å²) in [4.78, 5) is 2.22. The molecule has 0 unspecified atom stereocenters. The van der Waals surface area contributed by atoms with E-state index in [-0.39, 0.29) is 0 Å². The van der Waals surface area contributed by atoms with Gasteiger partial charge in [-0.1, -0.05) is 109 Å². The summed E-state index contributed by atoms with van der Waals surface area (Å²) in [5, 5.41) is 5.01. The SMILES string of the molecule is c1ccc(Cn2c3ccccc3c3cc(-c4sc(-c5ccc6c(c5)c5ccccc5n6Cc5ccccc5)c5c4OCCO5)ccc32)cc1. The fourth-order valence-corrected chi connectivity index (χ4v) is 8.78. The Bertz CT molecular complexity index is 2480. The summed E-state index contributed by atoms with van der Waals surface area (Å²) < 4.78 is 17.7. The Balaban J connectivity index is 1.11. The van der Waals surface area contributed by atoms with E-state index in [9.17, 15) is 0 Å². The first-order valence-corrected chi connectivity index (χ1v) is 17.6. The van der Waals surface area contributed by atoms with Crippen molar-refractivity contribution >= 4 is 54.9 Å². The minimum atomic E-state index is 0.542. The van der Waals surface area contributed by atoms with Crippen molar-refractivity contribution < 1.29 is 9.47 Å². The van der Waals surface area contributed by atoms with E-state index < -0.39 is 0 Å². The molecule has 0 amide bonds. The van der Waals surface area contributed by atoms with E-state index >= 15 is 0 Å². The minimum absolute atomic E-state index is 0.542. The average molecular weight is 653 g/mol. The minimum Gasteiger partial charge on any atom is -0.485 e. The summed E-state index contributed by atoms with van der Waals surface area (Å²) in [6.07, 6.45) is 0. The number of hydrogen-bond donors (Lipinski definition) is 0. The van der Waals surface area contributed by atoms with Gasteiger partial charge >= 0.3 is 0 Å². The molecule has 1 aliphatic rings. The van der Waals surface area contributed by atoms with E-state index in [0.717, 1.165) is 45.5 Å². The first kappa shape index (κ1) is 28.3. The van der Waals surface area contributed by atoms with Crippen molar-refractivity contribution in [3.8, 4) is 32.4 Å². The fourth-order valence-electron chi connectivity index (χ4n) is 7.59. The van der Waals surface area contributed by atoms with Crippen LogP contribution in [0.3, 0.4) is 0 Å². The lowest BCUT2D eigenvalue weighted by Crippen LogP contribution is -2.14. The van der Waals surface area contributed by atoms with Crippen molar-refractivity contribution in [2.75, 3.05) is 13.2 Å². The molecule has 3 aromatic heterocycles. The van der Waals surface area contributed by atoms with Crippen molar-refractivity contribution in [1.82, 2.24) is 9.13 Å². The Morgan fingerprint density at radius 1 is 0.429 bits per heavy atom. The lowest BCUT2D eigenvalue weighted by atomic mass is 10.1. The average Bonchev–Trinajstić information content (AvgIpc) is 3.81. The first-order valence-electron chi connectivity index (χ1n) is 16.8. The zero-order chi connectivity index (χ0) is 32.3. The normalized spacial score (nSPS) is 12.8. The van der Waals surface area contributed by atoms with Crippen LogP contribution in [0.2, 0.25) is 0 Å². The molecule has 4 heterocycles. The van der Waals surface area contributed by atoms with Gasteiger partial charge in [0.25, 0.3) is 0 Å². The summed E-state index contributed by atoms with van der Waals surface area (Å²) in [6, 6.07) is 52.6. The molecule has 0 spiro atoms. The van der Waals surface area contributed by atoms with Crippen LogP contribution in [0.15, 0.2) is 146 Å². The van der Waals surface area contributed by atoms with E-state index in [4.69, 9.17) is 9.47 Å². The molecule has 0 radical (unpaired) electrons. The van der Waals surface area contributed by atoms with Crippen LogP contribution >= 0.6 is 11.3 Å². The highest BCUT2D eigenvalue weighted by atomic mass is 32.1. The molecule has 0 atom stereocenters.